The molecule has 0 aliphatic rings. The summed E-state index contributed by atoms with van der Waals surface area (Å²) in [6, 6.07) is 7.27. The molecule has 0 atom stereocenters. The van der Waals surface area contributed by atoms with E-state index in [1.807, 2.05) is 37.5 Å². The fourth-order valence-electron chi connectivity index (χ4n) is 1.76. The lowest BCUT2D eigenvalue weighted by molar-refractivity contribution is -0.116. The topological polar surface area (TPSA) is 56.1 Å². The van der Waals surface area contributed by atoms with Gasteiger partial charge in [-0.15, -0.1) is 0 Å². The van der Waals surface area contributed by atoms with Gasteiger partial charge in [0.2, 0.25) is 5.91 Å². The minimum absolute atomic E-state index is 0.00554. The number of nitrogens with zero attached hydrogens (tertiary/aromatic N) is 2. The largest absolute Gasteiger partial charge is 0.497 e. The summed E-state index contributed by atoms with van der Waals surface area (Å²) in [5.41, 5.74) is 1.84. The van der Waals surface area contributed by atoms with Gasteiger partial charge >= 0.3 is 0 Å². The first-order valence-corrected chi connectivity index (χ1v) is 6.09. The molecule has 19 heavy (non-hydrogen) atoms. The second-order valence-electron chi connectivity index (χ2n) is 4.30. The summed E-state index contributed by atoms with van der Waals surface area (Å²) >= 11 is 0. The molecule has 0 aliphatic heterocycles. The van der Waals surface area contributed by atoms with Crippen molar-refractivity contribution in [2.45, 2.75) is 12.8 Å². The Kier molecular flexibility index (Phi) is 4.18. The van der Waals surface area contributed by atoms with Gasteiger partial charge in [0.1, 0.15) is 5.75 Å². The van der Waals surface area contributed by atoms with Crippen LogP contribution in [0.4, 0.5) is 5.69 Å². The van der Waals surface area contributed by atoms with Crippen molar-refractivity contribution in [1.29, 1.82) is 0 Å². The molecule has 1 aromatic heterocycles. The van der Waals surface area contributed by atoms with Crippen LogP contribution in [0.5, 0.6) is 5.75 Å². The monoisotopic (exact) mass is 259 g/mol. The molecule has 1 aromatic carbocycles. The van der Waals surface area contributed by atoms with Crippen LogP contribution in [-0.2, 0) is 18.3 Å². The van der Waals surface area contributed by atoms with E-state index in [-0.39, 0.29) is 5.91 Å². The summed E-state index contributed by atoms with van der Waals surface area (Å²) in [5, 5.41) is 6.92. The van der Waals surface area contributed by atoms with Gasteiger partial charge < -0.3 is 10.1 Å². The number of benzene rings is 1. The van der Waals surface area contributed by atoms with Crippen LogP contribution in [0.25, 0.3) is 0 Å². The average Bonchev–Trinajstić information content (AvgIpc) is 2.83. The predicted molar refractivity (Wildman–Crippen MR) is 73.2 cm³/mol. The molecular formula is C14H17N3O2. The number of amides is 1. The van der Waals surface area contributed by atoms with E-state index in [4.69, 9.17) is 4.74 Å². The lowest BCUT2D eigenvalue weighted by Crippen LogP contribution is -2.12. The molecule has 1 amide bonds. The number of hydrogen-bond acceptors (Lipinski definition) is 3. The van der Waals surface area contributed by atoms with Gasteiger partial charge in [0.15, 0.2) is 0 Å². The molecule has 1 N–H and O–H groups in total. The van der Waals surface area contributed by atoms with E-state index in [2.05, 4.69) is 10.4 Å². The lowest BCUT2D eigenvalue weighted by Gasteiger charge is -2.05. The molecule has 0 spiro atoms. The first-order valence-electron chi connectivity index (χ1n) is 6.09. The number of aromatic nitrogens is 2. The smallest absolute Gasteiger partial charge is 0.224 e. The molecule has 1 heterocycles. The normalized spacial score (nSPS) is 10.2. The van der Waals surface area contributed by atoms with Crippen LogP contribution >= 0.6 is 0 Å². The molecule has 2 rings (SSSR count). The van der Waals surface area contributed by atoms with Crippen LogP contribution in [0.3, 0.4) is 0 Å². The number of carbonyl (C=O) groups is 1. The quantitative estimate of drug-likeness (QED) is 0.893. The van der Waals surface area contributed by atoms with E-state index in [1.165, 1.54) is 0 Å². The van der Waals surface area contributed by atoms with Crippen molar-refractivity contribution in [3.63, 3.8) is 0 Å². The molecule has 0 aliphatic carbocycles. The van der Waals surface area contributed by atoms with Crippen LogP contribution in [-0.4, -0.2) is 22.8 Å². The Labute approximate surface area is 112 Å². The van der Waals surface area contributed by atoms with E-state index in [9.17, 15) is 4.79 Å². The van der Waals surface area contributed by atoms with Gasteiger partial charge in [-0.05, 0) is 36.2 Å². The Balaban J connectivity index is 1.83. The lowest BCUT2D eigenvalue weighted by atomic mass is 10.2. The van der Waals surface area contributed by atoms with Crippen molar-refractivity contribution in [2.75, 3.05) is 12.4 Å². The van der Waals surface area contributed by atoms with Gasteiger partial charge in [0.05, 0.1) is 13.3 Å². The van der Waals surface area contributed by atoms with E-state index in [0.717, 1.165) is 17.0 Å². The fourth-order valence-corrected chi connectivity index (χ4v) is 1.76. The van der Waals surface area contributed by atoms with Crippen molar-refractivity contribution in [1.82, 2.24) is 9.78 Å². The van der Waals surface area contributed by atoms with E-state index in [0.29, 0.717) is 12.8 Å². The molecular weight excluding hydrogens is 242 g/mol. The summed E-state index contributed by atoms with van der Waals surface area (Å²) in [7, 11) is 3.47. The maximum absolute atomic E-state index is 11.8. The first kappa shape index (κ1) is 13.1. The molecule has 100 valence electrons. The van der Waals surface area contributed by atoms with Crippen LogP contribution < -0.4 is 10.1 Å². The predicted octanol–water partition coefficient (Wildman–Crippen LogP) is 2.00. The Morgan fingerprint density at radius 3 is 2.68 bits per heavy atom. The van der Waals surface area contributed by atoms with Gasteiger partial charge in [-0.25, -0.2) is 0 Å². The standard InChI is InChI=1S/C14H17N3O2/c1-17-10-11(9-15-17)3-8-14(18)16-12-4-6-13(19-2)7-5-12/h4-7,9-10H,3,8H2,1-2H3,(H,16,18). The van der Waals surface area contributed by atoms with Crippen LogP contribution in [0.2, 0.25) is 0 Å². The first-order chi connectivity index (χ1) is 9.17. The summed E-state index contributed by atoms with van der Waals surface area (Å²) in [6.45, 7) is 0. The van der Waals surface area contributed by atoms with Crippen LogP contribution in [0.1, 0.15) is 12.0 Å². The average molecular weight is 259 g/mol. The van der Waals surface area contributed by atoms with Crippen LogP contribution in [0.15, 0.2) is 36.7 Å². The zero-order valence-electron chi connectivity index (χ0n) is 11.1. The number of hydrogen-bond donors (Lipinski definition) is 1. The molecule has 0 bridgehead atoms. The minimum Gasteiger partial charge on any atom is -0.497 e. The zero-order valence-corrected chi connectivity index (χ0v) is 11.1. The second kappa shape index (κ2) is 6.04. The van der Waals surface area contributed by atoms with Crippen molar-refractivity contribution in [2.24, 2.45) is 7.05 Å². The molecule has 0 unspecified atom stereocenters. The van der Waals surface area contributed by atoms with Gasteiger partial charge in [-0.3, -0.25) is 9.48 Å². The molecule has 0 fully saturated rings. The SMILES string of the molecule is COc1ccc(NC(=O)CCc2cnn(C)c2)cc1. The Bertz CT molecular complexity index is 546. The second-order valence-corrected chi connectivity index (χ2v) is 4.30. The fraction of sp³-hybridized carbons (Fsp3) is 0.286. The highest BCUT2D eigenvalue weighted by molar-refractivity contribution is 5.90. The van der Waals surface area contributed by atoms with Crippen molar-refractivity contribution in [3.8, 4) is 5.75 Å². The van der Waals surface area contributed by atoms with E-state index >= 15 is 0 Å². The number of nitrogens with one attached hydrogen (secondary N) is 1. The molecule has 0 saturated heterocycles. The highest BCUT2D eigenvalue weighted by atomic mass is 16.5. The maximum Gasteiger partial charge on any atom is 0.224 e. The summed E-state index contributed by atoms with van der Waals surface area (Å²) in [4.78, 5) is 11.8. The summed E-state index contributed by atoms with van der Waals surface area (Å²) < 4.78 is 6.79. The van der Waals surface area contributed by atoms with E-state index < -0.39 is 0 Å². The number of carbonyl (C=O) groups excluding carboxylic acids is 1. The van der Waals surface area contributed by atoms with E-state index in [1.54, 1.807) is 18.0 Å². The number of ether oxygens (including phenoxy) is 1. The Morgan fingerprint density at radius 1 is 1.37 bits per heavy atom. The third-order valence-electron chi connectivity index (χ3n) is 2.77. The molecule has 5 nitrogen and oxygen atoms in total. The number of anilines is 1. The highest BCUT2D eigenvalue weighted by Gasteiger charge is 2.04. The van der Waals surface area contributed by atoms with Gasteiger partial charge in [-0.2, -0.15) is 5.10 Å². The maximum atomic E-state index is 11.8. The van der Waals surface area contributed by atoms with Gasteiger partial charge in [-0.1, -0.05) is 0 Å². The zero-order chi connectivity index (χ0) is 13.7. The Hall–Kier alpha value is -2.30. The number of methoxy groups -OCH3 is 1. The molecule has 0 radical (unpaired) electrons. The number of rotatable bonds is 5. The third kappa shape index (κ3) is 3.84. The summed E-state index contributed by atoms with van der Waals surface area (Å²) in [6.07, 6.45) is 4.83. The van der Waals surface area contributed by atoms with Gasteiger partial charge in [0.25, 0.3) is 0 Å². The molecule has 2 aromatic rings. The Morgan fingerprint density at radius 2 is 2.11 bits per heavy atom. The van der Waals surface area contributed by atoms with Crippen molar-refractivity contribution in [3.05, 3.63) is 42.2 Å². The van der Waals surface area contributed by atoms with Crippen molar-refractivity contribution < 1.29 is 9.53 Å². The third-order valence-corrected chi connectivity index (χ3v) is 2.77. The minimum atomic E-state index is -0.00554. The molecule has 0 saturated carbocycles. The molecule has 5 heteroatoms. The van der Waals surface area contributed by atoms with Crippen molar-refractivity contribution >= 4 is 11.6 Å². The van der Waals surface area contributed by atoms with Crippen LogP contribution in [0, 0.1) is 0 Å². The number of aryl methyl sites for hydroxylation is 2. The summed E-state index contributed by atoms with van der Waals surface area (Å²) in [5.74, 6) is 0.766. The highest BCUT2D eigenvalue weighted by Crippen LogP contribution is 2.15. The van der Waals surface area contributed by atoms with Gasteiger partial charge in [0, 0.05) is 25.4 Å².